The first-order valence-corrected chi connectivity index (χ1v) is 9.20. The molecule has 0 aliphatic carbocycles. The number of aromatic nitrogens is 2. The summed E-state index contributed by atoms with van der Waals surface area (Å²) in [7, 11) is 0. The second-order valence-electron chi connectivity index (χ2n) is 6.63. The molecule has 0 saturated heterocycles. The Hall–Kier alpha value is -3.61. The topological polar surface area (TPSA) is 90.1 Å². The molecular weight excluding hydrogens is 482 g/mol. The third-order valence-electron chi connectivity index (χ3n) is 4.25. The van der Waals surface area contributed by atoms with Gasteiger partial charge in [0.25, 0.3) is 5.91 Å². The van der Waals surface area contributed by atoms with Crippen molar-refractivity contribution in [2.75, 3.05) is 5.32 Å². The van der Waals surface area contributed by atoms with E-state index in [-0.39, 0.29) is 38.3 Å². The summed E-state index contributed by atoms with van der Waals surface area (Å²) in [6, 6.07) is 8.16. The Morgan fingerprint density at radius 3 is 2.18 bits per heavy atom. The number of rotatable bonds is 5. The minimum absolute atomic E-state index is 0.0194. The highest BCUT2D eigenvalue weighted by Gasteiger charge is 2.42. The molecule has 1 amide bonds. The highest BCUT2D eigenvalue weighted by atomic mass is 35.5. The number of hydrogen-bond acceptors (Lipinski definition) is 4. The molecule has 7 nitrogen and oxygen atoms in total. The molecule has 3 rings (SSSR count). The highest BCUT2D eigenvalue weighted by Crippen LogP contribution is 2.36. The molecular formula is C19H11ClF6N4O3. The quantitative estimate of drug-likeness (QED) is 0.285. The summed E-state index contributed by atoms with van der Waals surface area (Å²) in [5, 5.41) is 15.9. The molecule has 0 unspecified atom stereocenters. The first-order valence-electron chi connectivity index (χ1n) is 8.82. The molecule has 3 aromatic rings. The van der Waals surface area contributed by atoms with Gasteiger partial charge in [0.05, 0.1) is 16.3 Å². The first kappa shape index (κ1) is 24.0. The van der Waals surface area contributed by atoms with Gasteiger partial charge in [-0.3, -0.25) is 14.9 Å². The first-order chi connectivity index (χ1) is 15.3. The number of nitro groups is 1. The minimum Gasteiger partial charge on any atom is -0.322 e. The van der Waals surface area contributed by atoms with E-state index < -0.39 is 41.1 Å². The van der Waals surface area contributed by atoms with Crippen molar-refractivity contribution in [3.8, 4) is 5.69 Å². The molecule has 0 atom stereocenters. The molecule has 1 N–H and O–H groups in total. The van der Waals surface area contributed by atoms with Crippen LogP contribution in [0.5, 0.6) is 0 Å². The second-order valence-corrected chi connectivity index (χ2v) is 7.04. The Bertz CT molecular complexity index is 1210. The van der Waals surface area contributed by atoms with Gasteiger partial charge in [0, 0.05) is 22.2 Å². The zero-order valence-electron chi connectivity index (χ0n) is 16.0. The number of hydrogen-bond donors (Lipinski definition) is 1. The fourth-order valence-corrected chi connectivity index (χ4v) is 3.08. The number of carbonyl (C=O) groups excluding carboxylic acids is 1. The summed E-state index contributed by atoms with van der Waals surface area (Å²) in [5.74, 6) is -0.713. The lowest BCUT2D eigenvalue weighted by molar-refractivity contribution is -0.496. The van der Waals surface area contributed by atoms with E-state index in [1.54, 1.807) is 0 Å². The Morgan fingerprint density at radius 2 is 1.67 bits per heavy atom. The maximum Gasteiger partial charge on any atom is 0.435 e. The third kappa shape index (κ3) is 5.61. The SMILES string of the molecule is O=C(Nc1ccc(-n2nc(C(F)(F)F)cc2C(F)(F)F)cc1)c1ccc(C[N+](=O)[O-])cc1Cl. The summed E-state index contributed by atoms with van der Waals surface area (Å²) >= 11 is 5.98. The van der Waals surface area contributed by atoms with E-state index in [1.807, 2.05) is 0 Å². The van der Waals surface area contributed by atoms with Gasteiger partial charge in [0.15, 0.2) is 5.69 Å². The van der Waals surface area contributed by atoms with Gasteiger partial charge in [-0.15, -0.1) is 0 Å². The van der Waals surface area contributed by atoms with Crippen molar-refractivity contribution in [1.29, 1.82) is 0 Å². The van der Waals surface area contributed by atoms with E-state index in [4.69, 9.17) is 11.6 Å². The molecule has 0 spiro atoms. The molecule has 1 heterocycles. The van der Waals surface area contributed by atoms with Crippen molar-refractivity contribution in [1.82, 2.24) is 9.78 Å². The van der Waals surface area contributed by atoms with Crippen LogP contribution in [0.2, 0.25) is 5.02 Å². The summed E-state index contributed by atoms with van der Waals surface area (Å²) in [6.45, 7) is -0.494. The van der Waals surface area contributed by atoms with Crippen LogP contribution in [0.3, 0.4) is 0 Å². The fourth-order valence-electron chi connectivity index (χ4n) is 2.79. The van der Waals surface area contributed by atoms with E-state index in [1.165, 1.54) is 18.2 Å². The molecule has 1 aromatic heterocycles. The van der Waals surface area contributed by atoms with Crippen LogP contribution >= 0.6 is 11.6 Å². The second kappa shape index (κ2) is 8.73. The van der Waals surface area contributed by atoms with Crippen LogP contribution in [0.1, 0.15) is 27.3 Å². The van der Waals surface area contributed by atoms with Gasteiger partial charge >= 0.3 is 12.4 Å². The van der Waals surface area contributed by atoms with Crippen LogP contribution in [0, 0.1) is 10.1 Å². The van der Waals surface area contributed by atoms with E-state index in [2.05, 4.69) is 10.4 Å². The average Bonchev–Trinajstić information content (AvgIpc) is 3.14. The lowest BCUT2D eigenvalue weighted by atomic mass is 10.1. The summed E-state index contributed by atoms with van der Waals surface area (Å²) in [6.07, 6.45) is -10.2. The molecule has 0 bridgehead atoms. The number of benzene rings is 2. The predicted octanol–water partition coefficient (Wildman–Crippen LogP) is 5.59. The molecule has 14 heteroatoms. The molecule has 174 valence electrons. The van der Waals surface area contributed by atoms with Crippen LogP contribution in [0.4, 0.5) is 32.0 Å². The Morgan fingerprint density at radius 1 is 1.03 bits per heavy atom. The van der Waals surface area contributed by atoms with Crippen molar-refractivity contribution in [2.45, 2.75) is 18.9 Å². The number of carbonyl (C=O) groups is 1. The smallest absolute Gasteiger partial charge is 0.322 e. The third-order valence-corrected chi connectivity index (χ3v) is 4.56. The van der Waals surface area contributed by atoms with E-state index in [9.17, 15) is 41.3 Å². The van der Waals surface area contributed by atoms with Gasteiger partial charge in [-0.05, 0) is 36.4 Å². The number of nitrogens with one attached hydrogen (secondary N) is 1. The van der Waals surface area contributed by atoms with Crippen molar-refractivity contribution in [2.24, 2.45) is 0 Å². The molecule has 0 saturated carbocycles. The van der Waals surface area contributed by atoms with Gasteiger partial charge in [0.2, 0.25) is 6.54 Å². The van der Waals surface area contributed by atoms with Crippen LogP contribution in [0.15, 0.2) is 48.5 Å². The number of amides is 1. The maximum absolute atomic E-state index is 13.2. The molecule has 0 fully saturated rings. The van der Waals surface area contributed by atoms with Crippen molar-refractivity contribution in [3.63, 3.8) is 0 Å². The fraction of sp³-hybridized carbons (Fsp3) is 0.158. The summed E-state index contributed by atoms with van der Waals surface area (Å²) in [5.41, 5.74) is -3.29. The molecule has 0 aliphatic rings. The Labute approximate surface area is 185 Å². The molecule has 0 aliphatic heterocycles. The standard InChI is InChI=1S/C19H11ClF6N4O3/c20-14-7-10(9-29(32)33)1-6-13(14)17(31)27-11-2-4-12(5-3-11)30-16(19(24,25)26)8-15(28-30)18(21,22)23/h1-8H,9H2,(H,27,31). The molecule has 33 heavy (non-hydrogen) atoms. The largest absolute Gasteiger partial charge is 0.435 e. The highest BCUT2D eigenvalue weighted by molar-refractivity contribution is 6.34. The monoisotopic (exact) mass is 492 g/mol. The summed E-state index contributed by atoms with van der Waals surface area (Å²) < 4.78 is 78.2. The molecule has 0 radical (unpaired) electrons. The lowest BCUT2D eigenvalue weighted by Gasteiger charge is -2.11. The Kier molecular flexibility index (Phi) is 6.36. The minimum atomic E-state index is -5.10. The van der Waals surface area contributed by atoms with Gasteiger partial charge < -0.3 is 5.32 Å². The molecule has 2 aromatic carbocycles. The van der Waals surface area contributed by atoms with Crippen molar-refractivity contribution in [3.05, 3.63) is 86.2 Å². The van der Waals surface area contributed by atoms with Crippen molar-refractivity contribution >= 4 is 23.2 Å². The van der Waals surface area contributed by atoms with E-state index in [0.29, 0.717) is 0 Å². The predicted molar refractivity (Wildman–Crippen MR) is 104 cm³/mol. The van der Waals surface area contributed by atoms with Gasteiger partial charge in [0.1, 0.15) is 5.69 Å². The lowest BCUT2D eigenvalue weighted by Crippen LogP contribution is -2.14. The zero-order valence-corrected chi connectivity index (χ0v) is 16.8. The van der Waals surface area contributed by atoms with Gasteiger partial charge in [-0.25, -0.2) is 4.68 Å². The Balaban J connectivity index is 1.84. The average molecular weight is 493 g/mol. The van der Waals surface area contributed by atoms with E-state index >= 15 is 0 Å². The number of nitrogens with zero attached hydrogens (tertiary/aromatic N) is 3. The normalized spacial score (nSPS) is 12.0. The van der Waals surface area contributed by atoms with Crippen LogP contribution < -0.4 is 5.32 Å². The van der Waals surface area contributed by atoms with E-state index in [0.717, 1.165) is 24.3 Å². The van der Waals surface area contributed by atoms with Crippen LogP contribution in [0.25, 0.3) is 5.69 Å². The summed E-state index contributed by atoms with van der Waals surface area (Å²) in [4.78, 5) is 22.4. The van der Waals surface area contributed by atoms with Crippen molar-refractivity contribution < 1.29 is 36.1 Å². The van der Waals surface area contributed by atoms with Crippen LogP contribution in [-0.4, -0.2) is 20.6 Å². The number of halogens is 7. The van der Waals surface area contributed by atoms with Crippen LogP contribution in [-0.2, 0) is 18.9 Å². The maximum atomic E-state index is 13.2. The zero-order chi connectivity index (χ0) is 24.6. The van der Waals surface area contributed by atoms with Gasteiger partial charge in [-0.2, -0.15) is 31.4 Å². The number of anilines is 1. The number of alkyl halides is 6. The van der Waals surface area contributed by atoms with Gasteiger partial charge in [-0.1, -0.05) is 17.7 Å².